The van der Waals surface area contributed by atoms with Crippen molar-refractivity contribution in [1.29, 1.82) is 0 Å². The van der Waals surface area contributed by atoms with E-state index in [-0.39, 0.29) is 16.5 Å². The summed E-state index contributed by atoms with van der Waals surface area (Å²) >= 11 is 12.8. The highest BCUT2D eigenvalue weighted by Gasteiger charge is 2.34. The molecule has 0 aliphatic carbocycles. The number of halogens is 1. The number of anilines is 1. The summed E-state index contributed by atoms with van der Waals surface area (Å²) in [6.45, 7) is 0. The Morgan fingerprint density at radius 3 is 2.64 bits per heavy atom. The number of carbonyl (C=O) groups excluding carboxylic acids is 1. The van der Waals surface area contributed by atoms with Gasteiger partial charge in [-0.25, -0.2) is 4.79 Å². The summed E-state index contributed by atoms with van der Waals surface area (Å²) in [5.74, 6) is -0.334. The lowest BCUT2D eigenvalue weighted by molar-refractivity contribution is -0.113. The Hall–Kier alpha value is -3.39. The van der Waals surface area contributed by atoms with Gasteiger partial charge in [-0.15, -0.1) is 0 Å². The lowest BCUT2D eigenvalue weighted by atomic mass is 10.1. The standard InChI is InChI=1S/C25H14ClNO4S2/c26-19-12-15(8-10-18(19)24(29)30)21-11-9-16(31-21)13-22-23(28)27(25(32)33-22)20-7-3-5-14-4-1-2-6-17(14)20/h1-13H,(H,29,30)/b22-13+. The zero-order chi connectivity index (χ0) is 23.1. The number of carboxylic acid groups (broad SMARTS) is 1. The first-order chi connectivity index (χ1) is 15.9. The van der Waals surface area contributed by atoms with Crippen LogP contribution < -0.4 is 4.90 Å². The number of carboxylic acids is 1. The number of furan rings is 1. The minimum Gasteiger partial charge on any atom is -0.478 e. The fraction of sp³-hybridized carbons (Fsp3) is 0. The fourth-order valence-electron chi connectivity index (χ4n) is 3.64. The summed E-state index contributed by atoms with van der Waals surface area (Å²) in [4.78, 5) is 26.4. The number of carbonyl (C=O) groups is 2. The molecule has 1 N–H and O–H groups in total. The normalized spacial score (nSPS) is 15.1. The van der Waals surface area contributed by atoms with E-state index in [0.29, 0.717) is 26.3 Å². The van der Waals surface area contributed by atoms with Gasteiger partial charge in [-0.05, 0) is 35.7 Å². The number of amides is 1. The molecule has 0 radical (unpaired) electrons. The summed E-state index contributed by atoms with van der Waals surface area (Å²) in [6.07, 6.45) is 1.65. The summed E-state index contributed by atoms with van der Waals surface area (Å²) in [7, 11) is 0. The molecule has 5 rings (SSSR count). The topological polar surface area (TPSA) is 70.8 Å². The second-order valence-electron chi connectivity index (χ2n) is 7.22. The quantitative estimate of drug-likeness (QED) is 0.248. The number of thiocarbonyl (C=S) groups is 1. The van der Waals surface area contributed by atoms with Gasteiger partial charge in [0.15, 0.2) is 4.32 Å². The van der Waals surface area contributed by atoms with Crippen LogP contribution in [0.3, 0.4) is 0 Å². The van der Waals surface area contributed by atoms with Gasteiger partial charge in [0.05, 0.1) is 21.2 Å². The summed E-state index contributed by atoms with van der Waals surface area (Å²) in [6, 6.07) is 21.7. The average Bonchev–Trinajstić information content (AvgIpc) is 3.37. The first-order valence-electron chi connectivity index (χ1n) is 9.81. The fourth-order valence-corrected chi connectivity index (χ4v) is 5.16. The lowest BCUT2D eigenvalue weighted by Gasteiger charge is -2.17. The molecule has 1 aromatic heterocycles. The maximum Gasteiger partial charge on any atom is 0.337 e. The minimum atomic E-state index is -1.10. The number of hydrogen-bond donors (Lipinski definition) is 1. The molecule has 8 heteroatoms. The highest BCUT2D eigenvalue weighted by Crippen LogP contribution is 2.39. The van der Waals surface area contributed by atoms with Crippen molar-refractivity contribution in [3.63, 3.8) is 0 Å². The molecule has 162 valence electrons. The zero-order valence-corrected chi connectivity index (χ0v) is 19.2. The van der Waals surface area contributed by atoms with Crippen molar-refractivity contribution < 1.29 is 19.1 Å². The summed E-state index contributed by atoms with van der Waals surface area (Å²) in [5, 5.41) is 11.2. The molecule has 0 spiro atoms. The lowest BCUT2D eigenvalue weighted by Crippen LogP contribution is -2.27. The van der Waals surface area contributed by atoms with E-state index in [4.69, 9.17) is 33.3 Å². The Balaban J connectivity index is 1.45. The molecular formula is C25H14ClNO4S2. The maximum absolute atomic E-state index is 13.2. The maximum atomic E-state index is 13.2. The van der Waals surface area contributed by atoms with Crippen LogP contribution >= 0.6 is 35.6 Å². The van der Waals surface area contributed by atoms with Crippen LogP contribution in [0.15, 0.2) is 82.1 Å². The molecule has 3 aromatic carbocycles. The van der Waals surface area contributed by atoms with Crippen LogP contribution in [0.5, 0.6) is 0 Å². The number of hydrogen-bond acceptors (Lipinski definition) is 5. The van der Waals surface area contributed by atoms with E-state index in [1.54, 1.807) is 29.2 Å². The third-order valence-corrected chi connectivity index (χ3v) is 6.80. The van der Waals surface area contributed by atoms with E-state index in [1.807, 2.05) is 42.5 Å². The van der Waals surface area contributed by atoms with Crippen molar-refractivity contribution >= 4 is 74.3 Å². The zero-order valence-electron chi connectivity index (χ0n) is 16.8. The Labute approximate surface area is 203 Å². The average molecular weight is 492 g/mol. The van der Waals surface area contributed by atoms with Crippen LogP contribution in [-0.2, 0) is 4.79 Å². The number of fused-ring (bicyclic) bond motifs is 1. The van der Waals surface area contributed by atoms with Crippen LogP contribution in [-0.4, -0.2) is 21.3 Å². The van der Waals surface area contributed by atoms with E-state index in [2.05, 4.69) is 0 Å². The van der Waals surface area contributed by atoms with E-state index in [9.17, 15) is 9.59 Å². The van der Waals surface area contributed by atoms with Crippen molar-refractivity contribution in [2.45, 2.75) is 0 Å². The Bertz CT molecular complexity index is 1490. The van der Waals surface area contributed by atoms with Gasteiger partial charge in [0.25, 0.3) is 5.91 Å². The molecule has 0 saturated carbocycles. The Morgan fingerprint density at radius 2 is 1.85 bits per heavy atom. The van der Waals surface area contributed by atoms with Crippen LogP contribution in [0.1, 0.15) is 16.1 Å². The van der Waals surface area contributed by atoms with Crippen LogP contribution in [0.2, 0.25) is 5.02 Å². The monoisotopic (exact) mass is 491 g/mol. The molecule has 0 bridgehead atoms. The molecule has 1 aliphatic rings. The smallest absolute Gasteiger partial charge is 0.337 e. The largest absolute Gasteiger partial charge is 0.478 e. The molecule has 0 unspecified atom stereocenters. The molecule has 2 heterocycles. The van der Waals surface area contributed by atoms with Gasteiger partial charge in [-0.2, -0.15) is 0 Å². The molecule has 33 heavy (non-hydrogen) atoms. The van der Waals surface area contributed by atoms with Gasteiger partial charge in [0.1, 0.15) is 11.5 Å². The van der Waals surface area contributed by atoms with Gasteiger partial charge in [0, 0.05) is 17.0 Å². The van der Waals surface area contributed by atoms with Gasteiger partial charge in [0.2, 0.25) is 0 Å². The number of nitrogens with zero attached hydrogens (tertiary/aromatic N) is 1. The molecular weight excluding hydrogens is 478 g/mol. The number of benzene rings is 3. The highest BCUT2D eigenvalue weighted by atomic mass is 35.5. The molecule has 1 fully saturated rings. The van der Waals surface area contributed by atoms with E-state index in [0.717, 1.165) is 16.5 Å². The van der Waals surface area contributed by atoms with E-state index < -0.39 is 5.97 Å². The molecule has 4 aromatic rings. The first-order valence-corrected chi connectivity index (χ1v) is 11.4. The van der Waals surface area contributed by atoms with E-state index in [1.165, 1.54) is 23.9 Å². The predicted octanol–water partition coefficient (Wildman–Crippen LogP) is 6.86. The summed E-state index contributed by atoms with van der Waals surface area (Å²) < 4.78 is 6.32. The molecule has 1 amide bonds. The van der Waals surface area contributed by atoms with Crippen molar-refractivity contribution in [1.82, 2.24) is 0 Å². The van der Waals surface area contributed by atoms with Crippen molar-refractivity contribution in [2.24, 2.45) is 0 Å². The first kappa shape index (κ1) is 21.5. The number of aromatic carboxylic acids is 1. The SMILES string of the molecule is O=C(O)c1ccc(-c2ccc(/C=C3/SC(=S)N(c4cccc5ccccc45)C3=O)o2)cc1Cl. The van der Waals surface area contributed by atoms with Crippen LogP contribution in [0, 0.1) is 0 Å². The van der Waals surface area contributed by atoms with Gasteiger partial charge < -0.3 is 9.52 Å². The molecule has 1 aliphatic heterocycles. The third kappa shape index (κ3) is 3.95. The van der Waals surface area contributed by atoms with Crippen LogP contribution in [0.4, 0.5) is 5.69 Å². The number of thioether (sulfide) groups is 1. The second-order valence-corrected chi connectivity index (χ2v) is 9.30. The van der Waals surface area contributed by atoms with Crippen molar-refractivity contribution in [2.75, 3.05) is 4.90 Å². The van der Waals surface area contributed by atoms with Gasteiger partial charge in [-0.1, -0.05) is 78.0 Å². The van der Waals surface area contributed by atoms with Crippen molar-refractivity contribution in [3.8, 4) is 11.3 Å². The minimum absolute atomic E-state index is 0.0179. The highest BCUT2D eigenvalue weighted by molar-refractivity contribution is 8.27. The van der Waals surface area contributed by atoms with Gasteiger partial charge in [-0.3, -0.25) is 9.69 Å². The third-order valence-electron chi connectivity index (χ3n) is 5.19. The Kier molecular flexibility index (Phi) is 5.54. The molecule has 5 nitrogen and oxygen atoms in total. The molecule has 0 atom stereocenters. The summed E-state index contributed by atoms with van der Waals surface area (Å²) in [5.41, 5.74) is 1.39. The Morgan fingerprint density at radius 1 is 1.06 bits per heavy atom. The number of rotatable bonds is 4. The molecule has 1 saturated heterocycles. The predicted molar refractivity (Wildman–Crippen MR) is 136 cm³/mol. The van der Waals surface area contributed by atoms with E-state index >= 15 is 0 Å². The van der Waals surface area contributed by atoms with Crippen molar-refractivity contribution in [3.05, 3.63) is 94.0 Å². The van der Waals surface area contributed by atoms with Gasteiger partial charge >= 0.3 is 5.97 Å². The van der Waals surface area contributed by atoms with Crippen LogP contribution in [0.25, 0.3) is 28.2 Å². The second kappa shape index (κ2) is 8.51.